The van der Waals surface area contributed by atoms with Crippen molar-refractivity contribution >= 4 is 0 Å². The Balaban J connectivity index is 1.86. The van der Waals surface area contributed by atoms with Crippen LogP contribution in [0.2, 0.25) is 0 Å². The molecule has 3 aliphatic rings. The smallest absolute Gasteiger partial charge is 0.00139 e. The highest BCUT2D eigenvalue weighted by atomic mass is 15.0. The quantitative estimate of drug-likeness (QED) is 0.601. The third kappa shape index (κ3) is 0.516. The lowest BCUT2D eigenvalue weighted by Crippen LogP contribution is -2.62. The molecule has 1 spiro atoms. The maximum absolute atomic E-state index is 3.57. The molecule has 1 saturated heterocycles. The molecule has 3 unspecified atom stereocenters. The van der Waals surface area contributed by atoms with Crippen molar-refractivity contribution in [3.05, 3.63) is 0 Å². The third-order valence-corrected chi connectivity index (χ3v) is 4.72. The summed E-state index contributed by atoms with van der Waals surface area (Å²) in [7, 11) is 0. The van der Waals surface area contributed by atoms with Gasteiger partial charge in [0.25, 0.3) is 0 Å². The number of rotatable bonds is 1. The summed E-state index contributed by atoms with van der Waals surface area (Å²) >= 11 is 0. The average molecular weight is 151 g/mol. The van der Waals surface area contributed by atoms with Gasteiger partial charge in [0.2, 0.25) is 0 Å². The van der Waals surface area contributed by atoms with Crippen molar-refractivity contribution in [1.82, 2.24) is 5.32 Å². The van der Waals surface area contributed by atoms with Gasteiger partial charge in [-0.2, -0.15) is 0 Å². The molecule has 0 amide bonds. The molecule has 2 aliphatic carbocycles. The SMILES string of the molecule is CCC1C2CCC23CNC[C@@H]13. The minimum Gasteiger partial charge on any atom is -0.316 e. The Bertz CT molecular complexity index is 187. The van der Waals surface area contributed by atoms with Gasteiger partial charge in [-0.15, -0.1) is 0 Å². The van der Waals surface area contributed by atoms with E-state index in [1.165, 1.54) is 32.4 Å². The highest BCUT2D eigenvalue weighted by molar-refractivity contribution is 5.17. The molecule has 0 aromatic rings. The van der Waals surface area contributed by atoms with Gasteiger partial charge in [0.05, 0.1) is 0 Å². The van der Waals surface area contributed by atoms with E-state index in [2.05, 4.69) is 12.2 Å². The predicted molar refractivity (Wildman–Crippen MR) is 45.3 cm³/mol. The van der Waals surface area contributed by atoms with Gasteiger partial charge in [-0.05, 0) is 42.6 Å². The maximum atomic E-state index is 3.57. The molecular weight excluding hydrogens is 134 g/mol. The van der Waals surface area contributed by atoms with E-state index < -0.39 is 0 Å². The van der Waals surface area contributed by atoms with E-state index in [0.717, 1.165) is 23.2 Å². The fourth-order valence-electron chi connectivity index (χ4n) is 4.11. The normalized spacial score (nSPS) is 59.2. The molecule has 0 aromatic carbocycles. The molecule has 1 heterocycles. The zero-order chi connectivity index (χ0) is 7.47. The van der Waals surface area contributed by atoms with E-state index in [-0.39, 0.29) is 0 Å². The first-order valence-corrected chi connectivity index (χ1v) is 5.09. The van der Waals surface area contributed by atoms with Crippen molar-refractivity contribution in [3.8, 4) is 0 Å². The summed E-state index contributed by atoms with van der Waals surface area (Å²) < 4.78 is 0. The third-order valence-electron chi connectivity index (χ3n) is 4.72. The second-order valence-corrected chi connectivity index (χ2v) is 4.69. The van der Waals surface area contributed by atoms with Crippen LogP contribution < -0.4 is 5.32 Å². The van der Waals surface area contributed by atoms with Crippen LogP contribution in [0.3, 0.4) is 0 Å². The van der Waals surface area contributed by atoms with E-state index in [4.69, 9.17) is 0 Å². The molecule has 1 N–H and O–H groups in total. The molecule has 1 aliphatic heterocycles. The van der Waals surface area contributed by atoms with E-state index in [9.17, 15) is 0 Å². The van der Waals surface area contributed by atoms with Crippen LogP contribution >= 0.6 is 0 Å². The van der Waals surface area contributed by atoms with Crippen LogP contribution in [-0.4, -0.2) is 13.1 Å². The molecule has 1 heteroatoms. The van der Waals surface area contributed by atoms with Gasteiger partial charge in [0, 0.05) is 6.54 Å². The van der Waals surface area contributed by atoms with Crippen molar-refractivity contribution in [1.29, 1.82) is 0 Å². The number of hydrogen-bond acceptors (Lipinski definition) is 1. The summed E-state index contributed by atoms with van der Waals surface area (Å²) in [6.07, 6.45) is 4.50. The topological polar surface area (TPSA) is 12.0 Å². The van der Waals surface area contributed by atoms with Gasteiger partial charge < -0.3 is 5.32 Å². The van der Waals surface area contributed by atoms with Crippen LogP contribution in [0.4, 0.5) is 0 Å². The van der Waals surface area contributed by atoms with E-state index in [1.54, 1.807) is 0 Å². The first-order valence-electron chi connectivity index (χ1n) is 5.09. The highest BCUT2D eigenvalue weighted by Gasteiger charge is 2.67. The molecule has 2 saturated carbocycles. The molecule has 1 nitrogen and oxygen atoms in total. The van der Waals surface area contributed by atoms with Gasteiger partial charge >= 0.3 is 0 Å². The summed E-state index contributed by atoms with van der Waals surface area (Å²) in [4.78, 5) is 0. The van der Waals surface area contributed by atoms with Crippen LogP contribution in [0.5, 0.6) is 0 Å². The minimum atomic E-state index is 0.834. The molecule has 11 heavy (non-hydrogen) atoms. The Kier molecular flexibility index (Phi) is 1.07. The standard InChI is InChI=1S/C10H17N/c1-2-7-8-3-4-10(8)6-11-5-9(7)10/h7-9,11H,2-6H2,1H3/t7?,8?,9-,10?/m0/s1. The molecule has 0 radical (unpaired) electrons. The van der Waals surface area contributed by atoms with E-state index in [1.807, 2.05) is 0 Å². The van der Waals surface area contributed by atoms with Gasteiger partial charge in [-0.1, -0.05) is 13.3 Å². The molecule has 3 fully saturated rings. The maximum Gasteiger partial charge on any atom is 0.00139 e. The number of hydrogen-bond donors (Lipinski definition) is 1. The van der Waals surface area contributed by atoms with Gasteiger partial charge in [-0.3, -0.25) is 0 Å². The van der Waals surface area contributed by atoms with E-state index in [0.29, 0.717) is 0 Å². The molecule has 3 rings (SSSR count). The lowest BCUT2D eigenvalue weighted by Gasteiger charge is -2.66. The zero-order valence-electron chi connectivity index (χ0n) is 7.27. The molecule has 4 atom stereocenters. The Hall–Kier alpha value is -0.0400. The van der Waals surface area contributed by atoms with Crippen molar-refractivity contribution in [3.63, 3.8) is 0 Å². The second kappa shape index (κ2) is 1.82. The number of nitrogens with one attached hydrogen (secondary N) is 1. The summed E-state index contributed by atoms with van der Waals surface area (Å²) in [5.74, 6) is 3.30. The Labute approximate surface area is 68.6 Å². The Morgan fingerprint density at radius 2 is 2.36 bits per heavy atom. The highest BCUT2D eigenvalue weighted by Crippen LogP contribution is 2.69. The van der Waals surface area contributed by atoms with Gasteiger partial charge in [0.15, 0.2) is 0 Å². The van der Waals surface area contributed by atoms with Crippen molar-refractivity contribution in [2.75, 3.05) is 13.1 Å². The van der Waals surface area contributed by atoms with E-state index >= 15 is 0 Å². The summed E-state index contributed by atoms with van der Waals surface area (Å²) in [5, 5.41) is 3.57. The fraction of sp³-hybridized carbons (Fsp3) is 1.00. The zero-order valence-corrected chi connectivity index (χ0v) is 7.27. The summed E-state index contributed by atoms with van der Waals surface area (Å²) in [6.45, 7) is 5.04. The molecular formula is C10H17N. The Morgan fingerprint density at radius 1 is 1.45 bits per heavy atom. The monoisotopic (exact) mass is 151 g/mol. The molecule has 62 valence electrons. The fourth-order valence-corrected chi connectivity index (χ4v) is 4.11. The predicted octanol–water partition coefficient (Wildman–Crippen LogP) is 1.64. The van der Waals surface area contributed by atoms with Crippen LogP contribution in [0.15, 0.2) is 0 Å². The summed E-state index contributed by atoms with van der Waals surface area (Å²) in [6, 6.07) is 0. The average Bonchev–Trinajstić information content (AvgIpc) is 2.40. The van der Waals surface area contributed by atoms with Crippen LogP contribution in [0, 0.1) is 23.2 Å². The van der Waals surface area contributed by atoms with Gasteiger partial charge in [0.1, 0.15) is 0 Å². The van der Waals surface area contributed by atoms with Crippen LogP contribution in [0.1, 0.15) is 26.2 Å². The molecule has 0 aromatic heterocycles. The lowest BCUT2D eigenvalue weighted by atomic mass is 9.38. The first-order chi connectivity index (χ1) is 5.38. The Morgan fingerprint density at radius 3 is 3.00 bits per heavy atom. The van der Waals surface area contributed by atoms with Crippen LogP contribution in [0.25, 0.3) is 0 Å². The largest absolute Gasteiger partial charge is 0.316 e. The minimum absolute atomic E-state index is 0.834. The first kappa shape index (κ1) is 6.47. The van der Waals surface area contributed by atoms with Crippen molar-refractivity contribution < 1.29 is 0 Å². The summed E-state index contributed by atoms with van der Waals surface area (Å²) in [5.41, 5.74) is 0.834. The van der Waals surface area contributed by atoms with Crippen molar-refractivity contribution in [2.45, 2.75) is 26.2 Å². The van der Waals surface area contributed by atoms with Gasteiger partial charge in [-0.25, -0.2) is 0 Å². The van der Waals surface area contributed by atoms with Crippen LogP contribution in [-0.2, 0) is 0 Å². The second-order valence-electron chi connectivity index (χ2n) is 4.69. The van der Waals surface area contributed by atoms with Crippen molar-refractivity contribution in [2.24, 2.45) is 23.2 Å². The molecule has 0 bridgehead atoms. The lowest BCUT2D eigenvalue weighted by molar-refractivity contribution is -0.169.